The molecule has 2 fully saturated rings. The highest BCUT2D eigenvalue weighted by Crippen LogP contribution is 2.48. The molecule has 110 valence electrons. The smallest absolute Gasteiger partial charge is 0.227 e. The van der Waals surface area contributed by atoms with Gasteiger partial charge in [-0.1, -0.05) is 37.3 Å². The molecule has 0 radical (unpaired) electrons. The Labute approximate surface area is 124 Å². The first-order chi connectivity index (χ1) is 10.3. The Kier molecular flexibility index (Phi) is 3.07. The summed E-state index contributed by atoms with van der Waals surface area (Å²) in [4.78, 5) is 0. The molecule has 4 heteroatoms. The Morgan fingerprint density at radius 1 is 1.10 bits per heavy atom. The molecule has 21 heavy (non-hydrogen) atoms. The summed E-state index contributed by atoms with van der Waals surface area (Å²) in [6, 6.07) is 10.5. The van der Waals surface area contributed by atoms with Gasteiger partial charge in [-0.15, -0.1) is 10.2 Å². The Hall–Kier alpha value is -1.68. The topological polar surface area (TPSA) is 48.2 Å². The van der Waals surface area contributed by atoms with Gasteiger partial charge in [-0.3, -0.25) is 0 Å². The average Bonchev–Trinajstić information content (AvgIpc) is 3.08. The molecule has 0 spiro atoms. The molecule has 1 saturated carbocycles. The monoisotopic (exact) mass is 284 g/mol. The lowest BCUT2D eigenvalue weighted by atomic mass is 9.74. The Morgan fingerprint density at radius 3 is 2.48 bits per heavy atom. The number of hydrogen-bond acceptors (Lipinski definition) is 4. The number of nitrogens with zero attached hydrogens (tertiary/aromatic N) is 2. The van der Waals surface area contributed by atoms with E-state index in [4.69, 9.17) is 9.15 Å². The summed E-state index contributed by atoms with van der Waals surface area (Å²) in [7, 11) is 0. The van der Waals surface area contributed by atoms with Gasteiger partial charge in [0, 0.05) is 19.1 Å². The predicted molar refractivity (Wildman–Crippen MR) is 78.1 cm³/mol. The van der Waals surface area contributed by atoms with Crippen molar-refractivity contribution in [3.63, 3.8) is 0 Å². The molecule has 0 amide bonds. The molecule has 1 aliphatic heterocycles. The highest BCUT2D eigenvalue weighted by atomic mass is 16.5. The van der Waals surface area contributed by atoms with Crippen molar-refractivity contribution >= 4 is 0 Å². The highest BCUT2D eigenvalue weighted by molar-refractivity contribution is 5.32. The van der Waals surface area contributed by atoms with Crippen molar-refractivity contribution in [2.75, 3.05) is 13.2 Å². The van der Waals surface area contributed by atoms with Crippen molar-refractivity contribution in [2.24, 2.45) is 5.92 Å². The van der Waals surface area contributed by atoms with E-state index in [0.29, 0.717) is 11.8 Å². The van der Waals surface area contributed by atoms with Crippen molar-refractivity contribution in [1.82, 2.24) is 10.2 Å². The Bertz CT molecular complexity index is 617. The molecule has 4 nitrogen and oxygen atoms in total. The van der Waals surface area contributed by atoms with Gasteiger partial charge >= 0.3 is 0 Å². The van der Waals surface area contributed by atoms with Crippen LogP contribution in [0.15, 0.2) is 34.7 Å². The SMILES string of the molecule is CC1CC1c1nnc(C2(c3ccccc3)CCOCC2)o1. The largest absolute Gasteiger partial charge is 0.424 e. The lowest BCUT2D eigenvalue weighted by Gasteiger charge is -2.34. The van der Waals surface area contributed by atoms with Crippen LogP contribution in [0.5, 0.6) is 0 Å². The van der Waals surface area contributed by atoms with Crippen molar-refractivity contribution in [3.8, 4) is 0 Å². The summed E-state index contributed by atoms with van der Waals surface area (Å²) in [5.41, 5.74) is 1.08. The van der Waals surface area contributed by atoms with Gasteiger partial charge in [-0.05, 0) is 30.7 Å². The van der Waals surface area contributed by atoms with Crippen molar-refractivity contribution in [1.29, 1.82) is 0 Å². The minimum Gasteiger partial charge on any atom is -0.424 e. The minimum atomic E-state index is -0.178. The molecule has 4 rings (SSSR count). The summed E-state index contributed by atoms with van der Waals surface area (Å²) in [5.74, 6) is 2.74. The van der Waals surface area contributed by atoms with Crippen LogP contribution in [0, 0.1) is 5.92 Å². The number of benzene rings is 1. The first kappa shape index (κ1) is 13.0. The second-order valence-corrected chi connectivity index (χ2v) is 6.33. The second kappa shape index (κ2) is 4.95. The lowest BCUT2D eigenvalue weighted by molar-refractivity contribution is 0.0540. The van der Waals surface area contributed by atoms with Crippen LogP contribution in [0.1, 0.15) is 49.4 Å². The van der Waals surface area contributed by atoms with Gasteiger partial charge in [0.05, 0.1) is 5.41 Å². The molecule has 1 aromatic carbocycles. The van der Waals surface area contributed by atoms with E-state index >= 15 is 0 Å². The third kappa shape index (κ3) is 2.18. The van der Waals surface area contributed by atoms with Crippen molar-refractivity contribution < 1.29 is 9.15 Å². The maximum Gasteiger partial charge on any atom is 0.227 e. The molecule has 1 saturated heterocycles. The van der Waals surface area contributed by atoms with Crippen LogP contribution < -0.4 is 0 Å². The fourth-order valence-electron chi connectivity index (χ4n) is 3.35. The Morgan fingerprint density at radius 2 is 1.81 bits per heavy atom. The van der Waals surface area contributed by atoms with Gasteiger partial charge in [0.1, 0.15) is 0 Å². The van der Waals surface area contributed by atoms with Crippen LogP contribution in [0.3, 0.4) is 0 Å². The van der Waals surface area contributed by atoms with Gasteiger partial charge in [0.2, 0.25) is 11.8 Å². The molecule has 1 aliphatic carbocycles. The van der Waals surface area contributed by atoms with E-state index < -0.39 is 0 Å². The fourth-order valence-corrected chi connectivity index (χ4v) is 3.35. The van der Waals surface area contributed by atoms with Crippen LogP contribution in [0.25, 0.3) is 0 Å². The van der Waals surface area contributed by atoms with E-state index in [1.54, 1.807) is 0 Å². The molecular formula is C17H20N2O2. The van der Waals surface area contributed by atoms with Crippen LogP contribution in [0.2, 0.25) is 0 Å². The minimum absolute atomic E-state index is 0.178. The highest BCUT2D eigenvalue weighted by Gasteiger charge is 2.44. The summed E-state index contributed by atoms with van der Waals surface area (Å²) in [5, 5.41) is 8.73. The van der Waals surface area contributed by atoms with E-state index in [-0.39, 0.29) is 5.41 Å². The molecule has 2 aromatic rings. The van der Waals surface area contributed by atoms with E-state index in [1.165, 1.54) is 12.0 Å². The number of hydrogen-bond donors (Lipinski definition) is 0. The molecule has 2 heterocycles. The van der Waals surface area contributed by atoms with E-state index in [2.05, 4.69) is 41.4 Å². The van der Waals surface area contributed by atoms with E-state index in [1.807, 2.05) is 6.07 Å². The third-order valence-electron chi connectivity index (χ3n) is 4.95. The van der Waals surface area contributed by atoms with Crippen molar-refractivity contribution in [2.45, 2.75) is 37.5 Å². The first-order valence-corrected chi connectivity index (χ1v) is 7.77. The first-order valence-electron chi connectivity index (χ1n) is 7.77. The van der Waals surface area contributed by atoms with E-state index in [9.17, 15) is 0 Å². The molecule has 0 N–H and O–H groups in total. The lowest BCUT2D eigenvalue weighted by Crippen LogP contribution is -2.35. The molecule has 0 bridgehead atoms. The maximum absolute atomic E-state index is 6.10. The summed E-state index contributed by atoms with van der Waals surface area (Å²) >= 11 is 0. The molecule has 2 atom stereocenters. The summed E-state index contributed by atoms with van der Waals surface area (Å²) < 4.78 is 11.7. The Balaban J connectivity index is 1.74. The van der Waals surface area contributed by atoms with Gasteiger partial charge in [-0.25, -0.2) is 0 Å². The number of rotatable bonds is 3. The zero-order valence-electron chi connectivity index (χ0n) is 12.3. The molecular weight excluding hydrogens is 264 g/mol. The third-order valence-corrected chi connectivity index (χ3v) is 4.95. The fraction of sp³-hybridized carbons (Fsp3) is 0.529. The number of ether oxygens (including phenoxy) is 1. The van der Waals surface area contributed by atoms with Gasteiger partial charge in [0.25, 0.3) is 0 Å². The second-order valence-electron chi connectivity index (χ2n) is 6.33. The molecule has 2 aliphatic rings. The zero-order valence-corrected chi connectivity index (χ0v) is 12.3. The maximum atomic E-state index is 6.10. The summed E-state index contributed by atoms with van der Waals surface area (Å²) in [6.07, 6.45) is 2.97. The van der Waals surface area contributed by atoms with Gasteiger partial charge in [-0.2, -0.15) is 0 Å². The van der Waals surface area contributed by atoms with Crippen LogP contribution in [0.4, 0.5) is 0 Å². The quantitative estimate of drug-likeness (QED) is 0.867. The average molecular weight is 284 g/mol. The van der Waals surface area contributed by atoms with Gasteiger partial charge in [0.15, 0.2) is 0 Å². The van der Waals surface area contributed by atoms with Gasteiger partial charge < -0.3 is 9.15 Å². The molecule has 1 aromatic heterocycles. The normalized spacial score (nSPS) is 27.5. The molecule has 2 unspecified atom stereocenters. The van der Waals surface area contributed by atoms with Crippen molar-refractivity contribution in [3.05, 3.63) is 47.7 Å². The standard InChI is InChI=1S/C17H20N2O2/c1-12-11-14(12)15-18-19-16(21-15)17(7-9-20-10-8-17)13-5-3-2-4-6-13/h2-6,12,14H,7-11H2,1H3. The predicted octanol–water partition coefficient (Wildman–Crippen LogP) is 3.29. The van der Waals surface area contributed by atoms with Crippen LogP contribution >= 0.6 is 0 Å². The van der Waals surface area contributed by atoms with E-state index in [0.717, 1.165) is 37.8 Å². The zero-order chi connectivity index (χ0) is 14.3. The number of aromatic nitrogens is 2. The summed E-state index contributed by atoms with van der Waals surface area (Å²) in [6.45, 7) is 3.72. The van der Waals surface area contributed by atoms with Crippen LogP contribution in [-0.4, -0.2) is 23.4 Å². The van der Waals surface area contributed by atoms with Crippen LogP contribution in [-0.2, 0) is 10.2 Å².